The van der Waals surface area contributed by atoms with Gasteiger partial charge in [-0.05, 0) is 35.9 Å². The molecule has 0 saturated carbocycles. The van der Waals surface area contributed by atoms with Gasteiger partial charge in [-0.15, -0.1) is 0 Å². The summed E-state index contributed by atoms with van der Waals surface area (Å²) in [5, 5.41) is 6.87. The molecule has 162 valence electrons. The number of aromatic nitrogens is 4. The first-order valence-electron chi connectivity index (χ1n) is 9.74. The van der Waals surface area contributed by atoms with E-state index in [1.54, 1.807) is 18.2 Å². The number of hydrogen-bond acceptors (Lipinski definition) is 4. The van der Waals surface area contributed by atoms with Gasteiger partial charge >= 0.3 is 6.18 Å². The lowest BCUT2D eigenvalue weighted by Gasteiger charge is -2.10. The summed E-state index contributed by atoms with van der Waals surface area (Å²) in [6.45, 7) is 0.165. The zero-order chi connectivity index (χ0) is 22.6. The van der Waals surface area contributed by atoms with Gasteiger partial charge < -0.3 is 5.32 Å². The number of rotatable bonds is 6. The molecule has 0 bridgehead atoms. The zero-order valence-electron chi connectivity index (χ0n) is 16.8. The highest BCUT2D eigenvalue weighted by Crippen LogP contribution is 2.33. The minimum Gasteiger partial charge on any atom is -0.350 e. The highest BCUT2D eigenvalue weighted by Gasteiger charge is 2.36. The van der Waals surface area contributed by atoms with Crippen LogP contribution in [0.3, 0.4) is 0 Å². The van der Waals surface area contributed by atoms with Crippen LogP contribution in [0.2, 0.25) is 0 Å². The monoisotopic (exact) mass is 437 g/mol. The number of carbonyl (C=O) groups is 1. The summed E-state index contributed by atoms with van der Waals surface area (Å²) in [5.41, 5.74) is 1.28. The summed E-state index contributed by atoms with van der Waals surface area (Å²) in [5.74, 6) is -0.172. The number of hydrogen-bond donors (Lipinski definition) is 1. The lowest BCUT2D eigenvalue weighted by Crippen LogP contribution is -2.25. The normalized spacial score (nSPS) is 11.3. The second-order valence-electron chi connectivity index (χ2n) is 7.01. The molecule has 0 spiro atoms. The zero-order valence-corrected chi connectivity index (χ0v) is 16.8. The van der Waals surface area contributed by atoms with Gasteiger partial charge in [0.05, 0.1) is 36.2 Å². The van der Waals surface area contributed by atoms with Crippen LogP contribution in [0.5, 0.6) is 0 Å². The van der Waals surface area contributed by atoms with Gasteiger partial charge in [-0.2, -0.15) is 18.3 Å². The Morgan fingerprint density at radius 2 is 1.81 bits per heavy atom. The Labute approximate surface area is 181 Å². The second-order valence-corrected chi connectivity index (χ2v) is 7.01. The van der Waals surface area contributed by atoms with Crippen LogP contribution in [0, 0.1) is 0 Å². The minimum absolute atomic E-state index is 0.155. The Bertz CT molecular complexity index is 1190. The van der Waals surface area contributed by atoms with Crippen molar-refractivity contribution in [2.45, 2.75) is 19.1 Å². The number of pyridine rings is 2. The van der Waals surface area contributed by atoms with Crippen molar-refractivity contribution in [3.8, 4) is 16.9 Å². The van der Waals surface area contributed by atoms with Crippen LogP contribution >= 0.6 is 0 Å². The van der Waals surface area contributed by atoms with Crippen molar-refractivity contribution in [1.82, 2.24) is 25.1 Å². The minimum atomic E-state index is -4.60. The third-order valence-corrected chi connectivity index (χ3v) is 4.68. The number of benzene rings is 1. The van der Waals surface area contributed by atoms with Crippen molar-refractivity contribution < 1.29 is 18.0 Å². The summed E-state index contributed by atoms with van der Waals surface area (Å²) in [7, 11) is 0. The standard InChI is InChI=1S/C23H18F3N5O/c24-23(25,26)21-12-20(17-7-4-10-27-13-17)30-31(21)19-9-8-18(28-15-19)14-29-22(32)11-16-5-2-1-3-6-16/h1-10,12-13,15H,11,14H2,(H,29,32). The largest absolute Gasteiger partial charge is 0.433 e. The highest BCUT2D eigenvalue weighted by atomic mass is 19.4. The van der Waals surface area contributed by atoms with E-state index in [-0.39, 0.29) is 30.3 Å². The number of carbonyl (C=O) groups excluding carboxylic acids is 1. The first-order valence-corrected chi connectivity index (χ1v) is 9.74. The van der Waals surface area contributed by atoms with E-state index in [2.05, 4.69) is 20.4 Å². The SMILES string of the molecule is O=C(Cc1ccccc1)NCc1ccc(-n2nc(-c3cccnc3)cc2C(F)(F)F)cn1. The molecular weight excluding hydrogens is 419 g/mol. The Kier molecular flexibility index (Phi) is 5.98. The molecule has 0 saturated heterocycles. The van der Waals surface area contributed by atoms with E-state index in [9.17, 15) is 18.0 Å². The van der Waals surface area contributed by atoms with E-state index in [4.69, 9.17) is 0 Å². The van der Waals surface area contributed by atoms with Gasteiger partial charge in [0.25, 0.3) is 0 Å². The van der Waals surface area contributed by atoms with Gasteiger partial charge in [-0.3, -0.25) is 14.8 Å². The van der Waals surface area contributed by atoms with Gasteiger partial charge in [0, 0.05) is 18.0 Å². The average Bonchev–Trinajstić information content (AvgIpc) is 3.26. The van der Waals surface area contributed by atoms with Crippen molar-refractivity contribution in [3.63, 3.8) is 0 Å². The number of nitrogens with zero attached hydrogens (tertiary/aromatic N) is 4. The molecule has 6 nitrogen and oxygen atoms in total. The molecule has 1 aromatic carbocycles. The second kappa shape index (κ2) is 9.01. The Morgan fingerprint density at radius 3 is 2.47 bits per heavy atom. The Balaban J connectivity index is 1.50. The lowest BCUT2D eigenvalue weighted by molar-refractivity contribution is -0.142. The molecule has 0 aliphatic carbocycles. The molecule has 0 aliphatic rings. The van der Waals surface area contributed by atoms with Crippen LogP contribution in [-0.2, 0) is 23.9 Å². The fourth-order valence-electron chi connectivity index (χ4n) is 3.11. The number of nitrogens with one attached hydrogen (secondary N) is 1. The van der Waals surface area contributed by atoms with Gasteiger partial charge in [0.2, 0.25) is 5.91 Å². The molecule has 0 atom stereocenters. The van der Waals surface area contributed by atoms with E-state index in [1.165, 1.54) is 24.7 Å². The molecule has 1 N–H and O–H groups in total. The van der Waals surface area contributed by atoms with Crippen molar-refractivity contribution in [2.75, 3.05) is 0 Å². The summed E-state index contributed by atoms with van der Waals surface area (Å²) in [6, 6.07) is 16.6. The average molecular weight is 437 g/mol. The third-order valence-electron chi connectivity index (χ3n) is 4.68. The first kappa shape index (κ1) is 21.2. The van der Waals surface area contributed by atoms with E-state index < -0.39 is 11.9 Å². The van der Waals surface area contributed by atoms with E-state index in [1.807, 2.05) is 30.3 Å². The molecular formula is C23H18F3N5O. The number of halogens is 3. The van der Waals surface area contributed by atoms with Crippen LogP contribution in [0.4, 0.5) is 13.2 Å². The molecule has 9 heteroatoms. The molecule has 3 aromatic heterocycles. The van der Waals surface area contributed by atoms with Gasteiger partial charge in [0.1, 0.15) is 5.69 Å². The lowest BCUT2D eigenvalue weighted by atomic mass is 10.1. The molecule has 0 aliphatic heterocycles. The van der Waals surface area contributed by atoms with Gasteiger partial charge in [-0.25, -0.2) is 4.68 Å². The van der Waals surface area contributed by atoms with E-state index in [0.29, 0.717) is 11.3 Å². The summed E-state index contributed by atoms with van der Waals surface area (Å²) in [4.78, 5) is 20.2. The molecule has 3 heterocycles. The van der Waals surface area contributed by atoms with Crippen molar-refractivity contribution in [1.29, 1.82) is 0 Å². The Hall–Kier alpha value is -4.01. The molecule has 0 radical (unpaired) electrons. The van der Waals surface area contributed by atoms with Gasteiger partial charge in [-0.1, -0.05) is 30.3 Å². The third kappa shape index (κ3) is 5.00. The molecule has 4 rings (SSSR count). The predicted molar refractivity (Wildman–Crippen MR) is 112 cm³/mol. The number of amides is 1. The fraction of sp³-hybridized carbons (Fsp3) is 0.130. The van der Waals surface area contributed by atoms with Crippen LogP contribution in [0.15, 0.2) is 79.3 Å². The maximum atomic E-state index is 13.6. The quantitative estimate of drug-likeness (QED) is 0.491. The van der Waals surface area contributed by atoms with Crippen molar-refractivity contribution in [3.05, 3.63) is 96.2 Å². The topological polar surface area (TPSA) is 72.7 Å². The molecule has 1 amide bonds. The first-order chi connectivity index (χ1) is 15.4. The van der Waals surface area contributed by atoms with E-state index in [0.717, 1.165) is 16.3 Å². The summed E-state index contributed by atoms with van der Waals surface area (Å²) < 4.78 is 41.6. The van der Waals surface area contributed by atoms with E-state index >= 15 is 0 Å². The molecule has 32 heavy (non-hydrogen) atoms. The summed E-state index contributed by atoms with van der Waals surface area (Å²) in [6.07, 6.45) is -0.0808. The fourth-order valence-corrected chi connectivity index (χ4v) is 3.11. The molecule has 0 fully saturated rings. The molecule has 0 unspecified atom stereocenters. The van der Waals surface area contributed by atoms with Gasteiger partial charge in [0.15, 0.2) is 0 Å². The maximum absolute atomic E-state index is 13.6. The van der Waals surface area contributed by atoms with Crippen LogP contribution in [-0.4, -0.2) is 25.7 Å². The van der Waals surface area contributed by atoms with Crippen LogP contribution < -0.4 is 5.32 Å². The number of alkyl halides is 3. The van der Waals surface area contributed by atoms with Crippen LogP contribution in [0.1, 0.15) is 17.0 Å². The van der Waals surface area contributed by atoms with Crippen molar-refractivity contribution in [2.24, 2.45) is 0 Å². The van der Waals surface area contributed by atoms with Crippen LogP contribution in [0.25, 0.3) is 16.9 Å². The summed E-state index contributed by atoms with van der Waals surface area (Å²) >= 11 is 0. The Morgan fingerprint density at radius 1 is 1.00 bits per heavy atom. The highest BCUT2D eigenvalue weighted by molar-refractivity contribution is 5.78. The predicted octanol–water partition coefficient (Wildman–Crippen LogP) is 4.21. The van der Waals surface area contributed by atoms with Crippen molar-refractivity contribution >= 4 is 5.91 Å². The molecule has 4 aromatic rings. The maximum Gasteiger partial charge on any atom is 0.433 e. The smallest absolute Gasteiger partial charge is 0.350 e.